The molecule has 0 spiro atoms. The average Bonchev–Trinajstić information content (AvgIpc) is 3.30. The Balaban J connectivity index is 1.45. The second kappa shape index (κ2) is 9.61. The van der Waals surface area contributed by atoms with Crippen LogP contribution in [-0.4, -0.2) is 66.8 Å². The third kappa shape index (κ3) is 4.86. The Morgan fingerprint density at radius 2 is 1.94 bits per heavy atom. The molecule has 7 heteroatoms. The standard InChI is InChI=1S/C25H35Cl2N3O2/c1-16(2)12-28-22-14-30(13-19(22)18-4-5-20(26)21(27)10-18)23-11-25(23,3)24(32)17-6-8-29(15-31)9-7-17/h4-5,10,15-17,19,22-23,28H,6-9,11-14H2,1-3H3/t19-,22+,23?,25?/m0/s1. The van der Waals surface area contributed by atoms with E-state index >= 15 is 0 Å². The maximum Gasteiger partial charge on any atom is 0.209 e. The van der Waals surface area contributed by atoms with Gasteiger partial charge in [-0.1, -0.05) is 50.0 Å². The van der Waals surface area contributed by atoms with E-state index in [2.05, 4.69) is 37.1 Å². The Labute approximate surface area is 201 Å². The van der Waals surface area contributed by atoms with Gasteiger partial charge in [-0.3, -0.25) is 14.5 Å². The number of hydrogen-bond donors (Lipinski definition) is 1. The summed E-state index contributed by atoms with van der Waals surface area (Å²) < 4.78 is 0. The molecule has 5 nitrogen and oxygen atoms in total. The molecule has 3 aliphatic rings. The minimum absolute atomic E-state index is 0.0875. The highest BCUT2D eigenvalue weighted by Crippen LogP contribution is 2.54. The molecule has 1 N–H and O–H groups in total. The van der Waals surface area contributed by atoms with Crippen LogP contribution < -0.4 is 5.32 Å². The van der Waals surface area contributed by atoms with Crippen molar-refractivity contribution in [2.24, 2.45) is 17.3 Å². The molecule has 2 unspecified atom stereocenters. The van der Waals surface area contributed by atoms with Crippen LogP contribution in [0.15, 0.2) is 18.2 Å². The minimum Gasteiger partial charge on any atom is -0.345 e. The maximum atomic E-state index is 13.4. The van der Waals surface area contributed by atoms with Crippen LogP contribution in [0.5, 0.6) is 0 Å². The zero-order valence-corrected chi connectivity index (χ0v) is 20.8. The van der Waals surface area contributed by atoms with E-state index in [1.165, 1.54) is 5.56 Å². The zero-order valence-electron chi connectivity index (χ0n) is 19.3. The van der Waals surface area contributed by atoms with Gasteiger partial charge in [0.2, 0.25) is 6.41 Å². The van der Waals surface area contributed by atoms with Gasteiger partial charge in [-0.25, -0.2) is 0 Å². The van der Waals surface area contributed by atoms with Crippen LogP contribution in [0.4, 0.5) is 0 Å². The molecule has 1 aromatic rings. The van der Waals surface area contributed by atoms with Gasteiger partial charge in [-0.05, 0) is 49.4 Å². The molecular weight excluding hydrogens is 445 g/mol. The number of benzene rings is 1. The Bertz CT molecular complexity index is 856. The lowest BCUT2D eigenvalue weighted by Crippen LogP contribution is -2.40. The number of Topliss-reactive ketones (excluding diaryl/α,β-unsaturated/α-hetero) is 1. The number of piperidine rings is 1. The third-order valence-electron chi connectivity index (χ3n) is 7.75. The van der Waals surface area contributed by atoms with Gasteiger partial charge in [0.05, 0.1) is 10.0 Å². The van der Waals surface area contributed by atoms with Crippen molar-refractivity contribution in [1.82, 2.24) is 15.1 Å². The molecule has 3 fully saturated rings. The van der Waals surface area contributed by atoms with E-state index in [4.69, 9.17) is 23.2 Å². The van der Waals surface area contributed by atoms with Crippen molar-refractivity contribution in [3.63, 3.8) is 0 Å². The lowest BCUT2D eigenvalue weighted by atomic mass is 9.84. The lowest BCUT2D eigenvalue weighted by Gasteiger charge is -2.30. The first-order chi connectivity index (χ1) is 15.2. The Morgan fingerprint density at radius 1 is 1.22 bits per heavy atom. The summed E-state index contributed by atoms with van der Waals surface area (Å²) in [5, 5.41) is 4.94. The predicted molar refractivity (Wildman–Crippen MR) is 129 cm³/mol. The summed E-state index contributed by atoms with van der Waals surface area (Å²) in [6, 6.07) is 6.60. The molecule has 2 saturated heterocycles. The van der Waals surface area contributed by atoms with E-state index in [1.807, 2.05) is 12.1 Å². The summed E-state index contributed by atoms with van der Waals surface area (Å²) in [6.45, 7) is 10.8. The molecule has 1 saturated carbocycles. The number of carbonyl (C=O) groups is 2. The minimum atomic E-state index is -0.261. The molecule has 1 aliphatic carbocycles. The molecule has 32 heavy (non-hydrogen) atoms. The second-order valence-electron chi connectivity index (χ2n) is 10.6. The monoisotopic (exact) mass is 479 g/mol. The molecule has 176 valence electrons. The van der Waals surface area contributed by atoms with Gasteiger partial charge < -0.3 is 10.2 Å². The summed E-state index contributed by atoms with van der Waals surface area (Å²) >= 11 is 12.5. The Kier molecular flexibility index (Phi) is 7.21. The van der Waals surface area contributed by atoms with Gasteiger partial charge in [-0.15, -0.1) is 0 Å². The number of ketones is 1. The molecule has 1 amide bonds. The molecule has 0 bridgehead atoms. The number of nitrogens with zero attached hydrogens (tertiary/aromatic N) is 2. The quantitative estimate of drug-likeness (QED) is 0.566. The Morgan fingerprint density at radius 3 is 2.56 bits per heavy atom. The molecule has 2 heterocycles. The van der Waals surface area contributed by atoms with E-state index in [0.29, 0.717) is 52.8 Å². The molecule has 0 radical (unpaired) electrons. The van der Waals surface area contributed by atoms with Crippen LogP contribution >= 0.6 is 23.2 Å². The van der Waals surface area contributed by atoms with Gasteiger partial charge in [0.25, 0.3) is 0 Å². The van der Waals surface area contributed by atoms with Crippen molar-refractivity contribution in [2.75, 3.05) is 32.7 Å². The number of likely N-dealkylation sites (tertiary alicyclic amines) is 2. The number of hydrogen-bond acceptors (Lipinski definition) is 4. The smallest absolute Gasteiger partial charge is 0.209 e. The lowest BCUT2D eigenvalue weighted by molar-refractivity contribution is -0.131. The SMILES string of the molecule is CC(C)CN[C@@H]1CN(C2CC2(C)C(=O)C2CCN(C=O)CC2)C[C@H]1c1ccc(Cl)c(Cl)c1. The fourth-order valence-electron chi connectivity index (χ4n) is 5.64. The summed E-state index contributed by atoms with van der Waals surface area (Å²) in [6.07, 6.45) is 3.43. The second-order valence-corrected chi connectivity index (χ2v) is 11.4. The maximum absolute atomic E-state index is 13.4. The zero-order chi connectivity index (χ0) is 23.0. The largest absolute Gasteiger partial charge is 0.345 e. The summed E-state index contributed by atoms with van der Waals surface area (Å²) in [7, 11) is 0. The fraction of sp³-hybridized carbons (Fsp3) is 0.680. The van der Waals surface area contributed by atoms with E-state index in [1.54, 1.807) is 4.90 Å². The number of amides is 1. The highest BCUT2D eigenvalue weighted by Gasteiger charge is 2.61. The van der Waals surface area contributed by atoms with Crippen molar-refractivity contribution < 1.29 is 9.59 Å². The first-order valence-electron chi connectivity index (χ1n) is 11.9. The first kappa shape index (κ1) is 24.0. The van der Waals surface area contributed by atoms with E-state index in [0.717, 1.165) is 45.3 Å². The van der Waals surface area contributed by atoms with E-state index in [9.17, 15) is 9.59 Å². The highest BCUT2D eigenvalue weighted by atomic mass is 35.5. The normalized spacial score (nSPS) is 31.3. The van der Waals surface area contributed by atoms with E-state index in [-0.39, 0.29) is 11.3 Å². The van der Waals surface area contributed by atoms with Crippen molar-refractivity contribution in [1.29, 1.82) is 0 Å². The summed E-state index contributed by atoms with van der Waals surface area (Å²) in [4.78, 5) is 28.7. The van der Waals surface area contributed by atoms with Crippen molar-refractivity contribution >= 4 is 35.4 Å². The van der Waals surface area contributed by atoms with Crippen molar-refractivity contribution in [2.45, 2.75) is 58.0 Å². The topological polar surface area (TPSA) is 52.7 Å². The molecule has 2 aliphatic heterocycles. The molecule has 4 rings (SSSR count). The number of rotatable bonds is 8. The van der Waals surface area contributed by atoms with Crippen molar-refractivity contribution in [3.05, 3.63) is 33.8 Å². The Hall–Kier alpha value is -1.14. The number of nitrogens with one attached hydrogen (secondary N) is 1. The fourth-order valence-corrected chi connectivity index (χ4v) is 5.94. The van der Waals surface area contributed by atoms with Gasteiger partial charge in [0.1, 0.15) is 5.78 Å². The van der Waals surface area contributed by atoms with Gasteiger partial charge >= 0.3 is 0 Å². The van der Waals surface area contributed by atoms with Crippen LogP contribution in [-0.2, 0) is 9.59 Å². The van der Waals surface area contributed by atoms with Gasteiger partial charge in [0.15, 0.2) is 0 Å². The third-order valence-corrected chi connectivity index (χ3v) is 8.49. The predicted octanol–water partition coefficient (Wildman–Crippen LogP) is 4.22. The van der Waals surface area contributed by atoms with Crippen LogP contribution in [0, 0.1) is 17.3 Å². The van der Waals surface area contributed by atoms with Gasteiger partial charge in [0, 0.05) is 55.5 Å². The molecule has 0 aromatic heterocycles. The van der Waals surface area contributed by atoms with Gasteiger partial charge in [-0.2, -0.15) is 0 Å². The number of carbonyl (C=O) groups excluding carboxylic acids is 2. The highest BCUT2D eigenvalue weighted by molar-refractivity contribution is 6.42. The summed E-state index contributed by atoms with van der Waals surface area (Å²) in [5.74, 6) is 1.38. The van der Waals surface area contributed by atoms with E-state index < -0.39 is 0 Å². The summed E-state index contributed by atoms with van der Waals surface area (Å²) in [5.41, 5.74) is 0.946. The molecular formula is C25H35Cl2N3O2. The molecule has 4 atom stereocenters. The van der Waals surface area contributed by atoms with Crippen LogP contribution in [0.2, 0.25) is 10.0 Å². The van der Waals surface area contributed by atoms with Crippen LogP contribution in [0.25, 0.3) is 0 Å². The van der Waals surface area contributed by atoms with Crippen molar-refractivity contribution in [3.8, 4) is 0 Å². The van der Waals surface area contributed by atoms with Crippen LogP contribution in [0.1, 0.15) is 51.5 Å². The van der Waals surface area contributed by atoms with Crippen LogP contribution in [0.3, 0.4) is 0 Å². The molecule has 1 aromatic carbocycles. The average molecular weight is 480 g/mol. The first-order valence-corrected chi connectivity index (χ1v) is 12.6. The number of halogens is 2.